The number of rotatable bonds is 5. The van der Waals surface area contributed by atoms with E-state index in [2.05, 4.69) is 18.3 Å². The lowest BCUT2D eigenvalue weighted by molar-refractivity contribution is 0.174. The normalized spacial score (nSPS) is 13.8. The topological polar surface area (TPSA) is 32.3 Å². The van der Waals surface area contributed by atoms with Crippen molar-refractivity contribution in [1.29, 1.82) is 0 Å². The molecule has 0 aliphatic carbocycles. The van der Waals surface area contributed by atoms with Gasteiger partial charge in [-0.25, -0.2) is 0 Å². The van der Waals surface area contributed by atoms with Crippen LogP contribution in [0.15, 0.2) is 24.3 Å². The molecule has 0 amide bonds. The highest BCUT2D eigenvalue weighted by Crippen LogP contribution is 2.22. The fourth-order valence-corrected chi connectivity index (χ4v) is 1.86. The predicted molar refractivity (Wildman–Crippen MR) is 68.8 cm³/mol. The molecule has 90 valence electrons. The third kappa shape index (κ3) is 3.78. The Bertz CT molecular complexity index is 338. The van der Waals surface area contributed by atoms with Gasteiger partial charge < -0.3 is 10.4 Å². The van der Waals surface area contributed by atoms with Crippen molar-refractivity contribution in [2.45, 2.75) is 38.8 Å². The predicted octanol–water partition coefficient (Wildman–Crippen LogP) is 3.15. The molecule has 16 heavy (non-hydrogen) atoms. The number of nitrogens with one attached hydrogen (secondary N) is 1. The number of hydrogen-bond acceptors (Lipinski definition) is 2. The van der Waals surface area contributed by atoms with E-state index in [-0.39, 0.29) is 18.2 Å². The average Bonchev–Trinajstić information content (AvgIpc) is 2.26. The summed E-state index contributed by atoms with van der Waals surface area (Å²) in [7, 11) is 0. The molecular weight excluding hydrogens is 222 g/mol. The van der Waals surface area contributed by atoms with Gasteiger partial charge in [0.1, 0.15) is 0 Å². The van der Waals surface area contributed by atoms with E-state index >= 15 is 0 Å². The van der Waals surface area contributed by atoms with Gasteiger partial charge in [-0.3, -0.25) is 0 Å². The molecule has 0 saturated carbocycles. The molecule has 1 unspecified atom stereocenters. The second-order valence-corrected chi connectivity index (χ2v) is 5.14. The van der Waals surface area contributed by atoms with Crippen molar-refractivity contribution in [3.8, 4) is 0 Å². The van der Waals surface area contributed by atoms with E-state index in [1.54, 1.807) is 0 Å². The van der Waals surface area contributed by atoms with E-state index in [1.807, 2.05) is 32.0 Å². The maximum atomic E-state index is 9.25. The lowest BCUT2D eigenvalue weighted by atomic mass is 9.99. The Balaban J connectivity index is 2.82. The van der Waals surface area contributed by atoms with Crippen LogP contribution >= 0.6 is 11.6 Å². The minimum absolute atomic E-state index is 0.115. The molecule has 0 aliphatic rings. The second-order valence-electron chi connectivity index (χ2n) is 4.70. The fourth-order valence-electron chi connectivity index (χ4n) is 1.66. The van der Waals surface area contributed by atoms with Crippen molar-refractivity contribution < 1.29 is 5.11 Å². The molecule has 0 saturated heterocycles. The minimum Gasteiger partial charge on any atom is -0.394 e. The van der Waals surface area contributed by atoms with Gasteiger partial charge in [0.05, 0.1) is 6.61 Å². The summed E-state index contributed by atoms with van der Waals surface area (Å²) < 4.78 is 0. The van der Waals surface area contributed by atoms with Gasteiger partial charge in [0.15, 0.2) is 0 Å². The molecule has 0 aromatic heterocycles. The van der Waals surface area contributed by atoms with Crippen LogP contribution in [0.25, 0.3) is 0 Å². The molecule has 0 heterocycles. The van der Waals surface area contributed by atoms with E-state index in [0.717, 1.165) is 17.0 Å². The van der Waals surface area contributed by atoms with Gasteiger partial charge >= 0.3 is 0 Å². The zero-order valence-corrected chi connectivity index (χ0v) is 10.9. The van der Waals surface area contributed by atoms with Gasteiger partial charge in [-0.2, -0.15) is 0 Å². The molecule has 0 spiro atoms. The van der Waals surface area contributed by atoms with E-state index in [0.29, 0.717) is 0 Å². The maximum Gasteiger partial charge on any atom is 0.0608 e. The molecule has 0 bridgehead atoms. The molecule has 1 aromatic carbocycles. The Hall–Kier alpha value is -0.570. The number of benzene rings is 1. The summed E-state index contributed by atoms with van der Waals surface area (Å²) in [6, 6.07) is 8.07. The van der Waals surface area contributed by atoms with Crippen molar-refractivity contribution in [2.75, 3.05) is 6.61 Å². The van der Waals surface area contributed by atoms with Crippen LogP contribution in [-0.4, -0.2) is 17.3 Å². The highest BCUT2D eigenvalue weighted by Gasteiger charge is 2.21. The molecule has 0 aliphatic heterocycles. The smallest absolute Gasteiger partial charge is 0.0608 e. The van der Waals surface area contributed by atoms with Crippen LogP contribution in [0.3, 0.4) is 0 Å². The lowest BCUT2D eigenvalue weighted by Crippen LogP contribution is -2.44. The molecular formula is C13H20ClNO. The van der Waals surface area contributed by atoms with Crippen LogP contribution < -0.4 is 5.32 Å². The number of hydrogen-bond donors (Lipinski definition) is 2. The summed E-state index contributed by atoms with van der Waals surface area (Å²) in [5.41, 5.74) is 0.889. The summed E-state index contributed by atoms with van der Waals surface area (Å²) in [6.45, 7) is 6.20. The van der Waals surface area contributed by atoms with E-state index < -0.39 is 0 Å². The fraction of sp³-hybridized carbons (Fsp3) is 0.538. The molecule has 0 fully saturated rings. The first-order valence-corrected chi connectivity index (χ1v) is 6.00. The standard InChI is InChI=1S/C13H20ClNO/c1-4-12(15-13(2,3)9-16)10-6-5-7-11(14)8-10/h5-8,12,15-16H,4,9H2,1-3H3. The third-order valence-corrected chi connectivity index (χ3v) is 2.85. The van der Waals surface area contributed by atoms with Crippen molar-refractivity contribution >= 4 is 11.6 Å². The Kier molecular flexibility index (Phi) is 4.78. The Morgan fingerprint density at radius 3 is 2.62 bits per heavy atom. The summed E-state index contributed by atoms with van der Waals surface area (Å²) in [6.07, 6.45) is 0.962. The van der Waals surface area contributed by atoms with Crippen molar-refractivity contribution in [1.82, 2.24) is 5.32 Å². The van der Waals surface area contributed by atoms with Crippen LogP contribution in [0.2, 0.25) is 5.02 Å². The third-order valence-electron chi connectivity index (χ3n) is 2.62. The van der Waals surface area contributed by atoms with Crippen LogP contribution in [-0.2, 0) is 0 Å². The molecule has 1 aromatic rings. The van der Waals surface area contributed by atoms with Gasteiger partial charge in [0.2, 0.25) is 0 Å². The Labute approximate surface area is 103 Å². The van der Waals surface area contributed by atoms with Gasteiger partial charge in [0.25, 0.3) is 0 Å². The SMILES string of the molecule is CCC(NC(C)(C)CO)c1cccc(Cl)c1. The Morgan fingerprint density at radius 2 is 2.12 bits per heavy atom. The van der Waals surface area contributed by atoms with Crippen LogP contribution in [0, 0.1) is 0 Å². The minimum atomic E-state index is -0.275. The molecule has 1 atom stereocenters. The zero-order valence-electron chi connectivity index (χ0n) is 10.1. The van der Waals surface area contributed by atoms with Crippen molar-refractivity contribution in [2.24, 2.45) is 0 Å². The number of aliphatic hydroxyl groups excluding tert-OH is 1. The number of halogens is 1. The van der Waals surface area contributed by atoms with E-state index in [1.165, 1.54) is 0 Å². The summed E-state index contributed by atoms with van der Waals surface area (Å²) in [5.74, 6) is 0. The summed E-state index contributed by atoms with van der Waals surface area (Å²) >= 11 is 5.97. The molecule has 1 rings (SSSR count). The van der Waals surface area contributed by atoms with Gasteiger partial charge in [-0.15, -0.1) is 0 Å². The van der Waals surface area contributed by atoms with Crippen LogP contribution in [0.5, 0.6) is 0 Å². The van der Waals surface area contributed by atoms with Crippen molar-refractivity contribution in [3.05, 3.63) is 34.9 Å². The Morgan fingerprint density at radius 1 is 1.44 bits per heavy atom. The van der Waals surface area contributed by atoms with Crippen LogP contribution in [0.4, 0.5) is 0 Å². The zero-order chi connectivity index (χ0) is 12.2. The molecule has 2 N–H and O–H groups in total. The van der Waals surface area contributed by atoms with Crippen LogP contribution in [0.1, 0.15) is 38.8 Å². The maximum absolute atomic E-state index is 9.25. The largest absolute Gasteiger partial charge is 0.394 e. The second kappa shape index (κ2) is 5.67. The van der Waals surface area contributed by atoms with E-state index in [4.69, 9.17) is 11.6 Å². The first kappa shape index (κ1) is 13.5. The first-order valence-electron chi connectivity index (χ1n) is 5.62. The van der Waals surface area contributed by atoms with Gasteiger partial charge in [0, 0.05) is 16.6 Å². The van der Waals surface area contributed by atoms with Gasteiger partial charge in [-0.1, -0.05) is 30.7 Å². The molecule has 0 radical (unpaired) electrons. The summed E-state index contributed by atoms with van der Waals surface area (Å²) in [4.78, 5) is 0. The van der Waals surface area contributed by atoms with E-state index in [9.17, 15) is 5.11 Å². The first-order chi connectivity index (χ1) is 7.48. The number of aliphatic hydroxyl groups is 1. The average molecular weight is 242 g/mol. The monoisotopic (exact) mass is 241 g/mol. The van der Waals surface area contributed by atoms with Crippen molar-refractivity contribution in [3.63, 3.8) is 0 Å². The van der Waals surface area contributed by atoms with Gasteiger partial charge in [-0.05, 0) is 38.0 Å². The molecule has 3 heteroatoms. The highest BCUT2D eigenvalue weighted by molar-refractivity contribution is 6.30. The summed E-state index contributed by atoms with van der Waals surface area (Å²) in [5, 5.41) is 13.4. The highest BCUT2D eigenvalue weighted by atomic mass is 35.5. The lowest BCUT2D eigenvalue weighted by Gasteiger charge is -2.30. The molecule has 2 nitrogen and oxygen atoms in total. The quantitative estimate of drug-likeness (QED) is 0.830.